The van der Waals surface area contributed by atoms with Crippen molar-refractivity contribution in [2.45, 2.75) is 52.6 Å². The summed E-state index contributed by atoms with van der Waals surface area (Å²) in [6.07, 6.45) is 5.76. The van der Waals surface area contributed by atoms with Gasteiger partial charge >= 0.3 is 5.69 Å². The van der Waals surface area contributed by atoms with Crippen LogP contribution in [0.25, 0.3) is 16.7 Å². The van der Waals surface area contributed by atoms with Crippen LogP contribution in [-0.2, 0) is 13.1 Å². The monoisotopic (exact) mass is 446 g/mol. The Labute approximate surface area is 189 Å². The van der Waals surface area contributed by atoms with E-state index >= 15 is 0 Å². The minimum absolute atomic E-state index is 0.141. The number of amides is 1. The zero-order chi connectivity index (χ0) is 23.3. The van der Waals surface area contributed by atoms with E-state index < -0.39 is 17.2 Å². The Balaban J connectivity index is 1.54. The average molecular weight is 447 g/mol. The summed E-state index contributed by atoms with van der Waals surface area (Å²) in [6, 6.07) is 5.65. The summed E-state index contributed by atoms with van der Waals surface area (Å²) in [5, 5.41) is 3.03. The van der Waals surface area contributed by atoms with Crippen molar-refractivity contribution in [3.05, 3.63) is 73.9 Å². The summed E-state index contributed by atoms with van der Waals surface area (Å²) in [4.78, 5) is 50.1. The molecule has 0 atom stereocenters. The maximum Gasteiger partial charge on any atom is 0.330 e. The van der Waals surface area contributed by atoms with Gasteiger partial charge in [0.25, 0.3) is 11.5 Å². The van der Waals surface area contributed by atoms with Crippen LogP contribution in [0.2, 0.25) is 0 Å². The largest absolute Gasteiger partial charge is 0.346 e. The number of pyridine rings is 2. The Morgan fingerprint density at radius 1 is 1.24 bits per heavy atom. The third-order valence-corrected chi connectivity index (χ3v) is 5.85. The van der Waals surface area contributed by atoms with Crippen LogP contribution in [0.3, 0.4) is 0 Å². The number of imidazole rings is 1. The van der Waals surface area contributed by atoms with Crippen molar-refractivity contribution in [2.24, 2.45) is 5.92 Å². The second-order valence-electron chi connectivity index (χ2n) is 9.22. The van der Waals surface area contributed by atoms with Crippen molar-refractivity contribution < 1.29 is 4.79 Å². The topological polar surface area (TPSA) is 114 Å². The molecular weight excluding hydrogens is 420 g/mol. The molecule has 2 N–H and O–H groups in total. The van der Waals surface area contributed by atoms with Gasteiger partial charge in [-0.25, -0.2) is 14.8 Å². The highest BCUT2D eigenvalue weighted by atomic mass is 16.2. The summed E-state index contributed by atoms with van der Waals surface area (Å²) in [5.41, 5.74) is 2.77. The van der Waals surface area contributed by atoms with Gasteiger partial charge in [0.1, 0.15) is 5.65 Å². The number of carbonyl (C=O) groups excluding carboxylic acids is 1. The van der Waals surface area contributed by atoms with E-state index in [4.69, 9.17) is 0 Å². The lowest BCUT2D eigenvalue weighted by molar-refractivity contribution is 0.0952. The van der Waals surface area contributed by atoms with Crippen molar-refractivity contribution in [2.75, 3.05) is 0 Å². The van der Waals surface area contributed by atoms with Gasteiger partial charge in [-0.15, -0.1) is 0 Å². The van der Waals surface area contributed by atoms with Crippen LogP contribution in [-0.4, -0.2) is 29.8 Å². The van der Waals surface area contributed by atoms with E-state index in [9.17, 15) is 14.4 Å². The molecule has 9 nitrogen and oxygen atoms in total. The molecule has 4 aromatic heterocycles. The molecule has 1 aliphatic carbocycles. The molecular formula is C24H26N6O3. The Kier molecular flexibility index (Phi) is 5.11. The molecule has 0 saturated heterocycles. The molecule has 0 bridgehead atoms. The minimum Gasteiger partial charge on any atom is -0.346 e. The predicted molar refractivity (Wildman–Crippen MR) is 125 cm³/mol. The van der Waals surface area contributed by atoms with Gasteiger partial charge < -0.3 is 9.72 Å². The van der Waals surface area contributed by atoms with Crippen LogP contribution >= 0.6 is 0 Å². The van der Waals surface area contributed by atoms with Crippen molar-refractivity contribution >= 4 is 22.6 Å². The quantitative estimate of drug-likeness (QED) is 0.472. The first-order chi connectivity index (χ1) is 15.8. The highest BCUT2D eigenvalue weighted by Gasteiger charge is 2.28. The molecule has 5 rings (SSSR count). The van der Waals surface area contributed by atoms with E-state index in [1.807, 2.05) is 49.7 Å². The number of aromatic nitrogens is 5. The first-order valence-corrected chi connectivity index (χ1v) is 11.2. The first-order valence-electron chi connectivity index (χ1n) is 11.2. The maximum atomic E-state index is 13.3. The van der Waals surface area contributed by atoms with Crippen molar-refractivity contribution in [3.63, 3.8) is 0 Å². The number of fused-ring (bicyclic) bond motifs is 2. The number of rotatable bonds is 6. The Morgan fingerprint density at radius 3 is 2.76 bits per heavy atom. The summed E-state index contributed by atoms with van der Waals surface area (Å²) in [6.45, 7) is 6.58. The fourth-order valence-corrected chi connectivity index (χ4v) is 4.08. The first kappa shape index (κ1) is 21.1. The number of aromatic amines is 1. The lowest BCUT2D eigenvalue weighted by Gasteiger charge is -2.14. The van der Waals surface area contributed by atoms with Crippen LogP contribution in [0.4, 0.5) is 0 Å². The number of H-pyrrole nitrogens is 1. The number of hydrogen-bond donors (Lipinski definition) is 2. The third-order valence-electron chi connectivity index (χ3n) is 5.85. The summed E-state index contributed by atoms with van der Waals surface area (Å²) < 4.78 is 3.37. The SMILES string of the molecule is Cc1ccn2cc(CNC(=O)c3cc(C4CC4)nc4c3c(=O)[nH]c(=O)n4CC(C)C)nc2c1. The molecule has 1 amide bonds. The van der Waals surface area contributed by atoms with Crippen LogP contribution < -0.4 is 16.6 Å². The van der Waals surface area contributed by atoms with Gasteiger partial charge in [0.2, 0.25) is 0 Å². The second-order valence-corrected chi connectivity index (χ2v) is 9.22. The fourth-order valence-electron chi connectivity index (χ4n) is 4.08. The van der Waals surface area contributed by atoms with E-state index in [1.165, 1.54) is 4.57 Å². The van der Waals surface area contributed by atoms with Crippen molar-refractivity contribution in [1.82, 2.24) is 29.2 Å². The molecule has 4 heterocycles. The maximum absolute atomic E-state index is 13.3. The van der Waals surface area contributed by atoms with Crippen LogP contribution in [0, 0.1) is 12.8 Å². The Bertz CT molecular complexity index is 1510. The molecule has 0 radical (unpaired) electrons. The Hall–Kier alpha value is -3.75. The molecule has 0 spiro atoms. The number of nitrogens with zero attached hydrogens (tertiary/aromatic N) is 4. The second kappa shape index (κ2) is 7.99. The smallest absolute Gasteiger partial charge is 0.330 e. The Morgan fingerprint density at radius 2 is 2.03 bits per heavy atom. The normalized spacial score (nSPS) is 13.8. The molecule has 1 saturated carbocycles. The number of aryl methyl sites for hydroxylation is 1. The molecule has 0 aromatic carbocycles. The van der Waals surface area contributed by atoms with E-state index in [0.29, 0.717) is 12.2 Å². The lowest BCUT2D eigenvalue weighted by Crippen LogP contribution is -2.34. The van der Waals surface area contributed by atoms with Crippen molar-refractivity contribution in [3.8, 4) is 0 Å². The number of carbonyl (C=O) groups is 1. The average Bonchev–Trinajstić information content (AvgIpc) is 3.54. The van der Waals surface area contributed by atoms with Gasteiger partial charge in [0.15, 0.2) is 5.65 Å². The molecule has 4 aromatic rings. The zero-order valence-corrected chi connectivity index (χ0v) is 18.9. The van der Waals surface area contributed by atoms with Crippen LogP contribution in [0.5, 0.6) is 0 Å². The van der Waals surface area contributed by atoms with Gasteiger partial charge in [0, 0.05) is 30.6 Å². The predicted octanol–water partition coefficient (Wildman–Crippen LogP) is 2.50. The van der Waals surface area contributed by atoms with E-state index in [-0.39, 0.29) is 35.0 Å². The molecule has 33 heavy (non-hydrogen) atoms. The highest BCUT2D eigenvalue weighted by molar-refractivity contribution is 6.05. The standard InChI is InChI=1S/C24H26N6O3/c1-13(2)11-30-21-20(23(32)28-24(30)33)17(9-18(27-21)15-4-5-15)22(31)25-10-16-12-29-7-6-14(3)8-19(29)26-16/h6-9,12-13,15H,4-5,10-11H2,1-3H3,(H,25,31)(H,28,32,33). The molecule has 1 aliphatic rings. The van der Waals surface area contributed by atoms with Crippen LogP contribution in [0.15, 0.2) is 40.2 Å². The molecule has 9 heteroatoms. The zero-order valence-electron chi connectivity index (χ0n) is 18.9. The molecule has 0 unspecified atom stereocenters. The molecule has 1 fully saturated rings. The van der Waals surface area contributed by atoms with Gasteiger partial charge in [-0.05, 0) is 49.4 Å². The summed E-state index contributed by atoms with van der Waals surface area (Å²) in [5.74, 6) is 0.0291. The fraction of sp³-hybridized carbons (Fsp3) is 0.375. The minimum atomic E-state index is -0.599. The highest BCUT2D eigenvalue weighted by Crippen LogP contribution is 2.39. The third kappa shape index (κ3) is 4.06. The van der Waals surface area contributed by atoms with Gasteiger partial charge in [-0.1, -0.05) is 13.8 Å². The number of hydrogen-bond acceptors (Lipinski definition) is 5. The molecule has 0 aliphatic heterocycles. The van der Waals surface area contributed by atoms with Crippen molar-refractivity contribution in [1.29, 1.82) is 0 Å². The van der Waals surface area contributed by atoms with Gasteiger partial charge in [0.05, 0.1) is 23.2 Å². The summed E-state index contributed by atoms with van der Waals surface area (Å²) in [7, 11) is 0. The number of nitrogens with one attached hydrogen (secondary N) is 2. The van der Waals surface area contributed by atoms with E-state index in [1.54, 1.807) is 6.07 Å². The lowest BCUT2D eigenvalue weighted by atomic mass is 10.1. The van der Waals surface area contributed by atoms with Gasteiger partial charge in [-0.2, -0.15) is 0 Å². The van der Waals surface area contributed by atoms with E-state index in [2.05, 4.69) is 20.3 Å². The summed E-state index contributed by atoms with van der Waals surface area (Å²) >= 11 is 0. The molecule has 170 valence electrons. The van der Waals surface area contributed by atoms with Gasteiger partial charge in [-0.3, -0.25) is 19.1 Å². The van der Waals surface area contributed by atoms with E-state index in [0.717, 1.165) is 29.7 Å². The van der Waals surface area contributed by atoms with Crippen LogP contribution in [0.1, 0.15) is 59.9 Å².